The summed E-state index contributed by atoms with van der Waals surface area (Å²) in [6, 6.07) is 10.5. The highest BCUT2D eigenvalue weighted by atomic mass is 19.1. The van der Waals surface area contributed by atoms with Gasteiger partial charge in [0.1, 0.15) is 5.82 Å². The molecule has 6 heteroatoms. The minimum atomic E-state index is -0.236. The number of pyridine rings is 1. The third kappa shape index (κ3) is 3.67. The summed E-state index contributed by atoms with van der Waals surface area (Å²) in [5.41, 5.74) is 3.39. The van der Waals surface area contributed by atoms with Gasteiger partial charge >= 0.3 is 0 Å². The lowest BCUT2D eigenvalue weighted by Crippen LogP contribution is -2.31. The molecule has 1 amide bonds. The maximum Gasteiger partial charge on any atom is 0.292 e. The average Bonchev–Trinajstić information content (AvgIpc) is 3.28. The Morgan fingerprint density at radius 3 is 2.79 bits per heavy atom. The largest absolute Gasteiger partial charge is 0.436 e. The van der Waals surface area contributed by atoms with Crippen LogP contribution in [0.2, 0.25) is 0 Å². The zero-order chi connectivity index (χ0) is 19.7. The van der Waals surface area contributed by atoms with Gasteiger partial charge in [0, 0.05) is 19.7 Å². The number of halogens is 1. The van der Waals surface area contributed by atoms with E-state index in [0.717, 1.165) is 29.7 Å². The summed E-state index contributed by atoms with van der Waals surface area (Å²) in [4.78, 5) is 23.6. The molecule has 28 heavy (non-hydrogen) atoms. The number of carbonyl (C=O) groups excluding carboxylic acids is 1. The van der Waals surface area contributed by atoms with Gasteiger partial charge in [-0.15, -0.1) is 0 Å². The molecule has 1 fully saturated rings. The maximum absolute atomic E-state index is 13.4. The molecule has 2 aromatic heterocycles. The number of oxazole rings is 1. The summed E-state index contributed by atoms with van der Waals surface area (Å²) in [5.74, 6) is 0.440. The van der Waals surface area contributed by atoms with Crippen molar-refractivity contribution in [2.75, 3.05) is 6.54 Å². The van der Waals surface area contributed by atoms with Crippen molar-refractivity contribution >= 4 is 5.91 Å². The number of carbonyl (C=O) groups is 1. The number of benzene rings is 1. The lowest BCUT2D eigenvalue weighted by Gasteiger charge is -2.23. The summed E-state index contributed by atoms with van der Waals surface area (Å²) in [7, 11) is 0. The first kappa shape index (κ1) is 18.3. The van der Waals surface area contributed by atoms with Crippen molar-refractivity contribution < 1.29 is 13.6 Å². The molecule has 0 N–H and O–H groups in total. The fourth-order valence-corrected chi connectivity index (χ4v) is 3.80. The molecule has 144 valence electrons. The summed E-state index contributed by atoms with van der Waals surface area (Å²) < 4.78 is 18.9. The van der Waals surface area contributed by atoms with Crippen LogP contribution in [0.15, 0.2) is 47.0 Å². The molecule has 1 aliphatic rings. The Bertz CT molecular complexity index is 997. The highest BCUT2D eigenvalue weighted by Crippen LogP contribution is 2.32. The fraction of sp³-hybridized carbons (Fsp3) is 0.318. The van der Waals surface area contributed by atoms with Gasteiger partial charge in [0.25, 0.3) is 5.91 Å². The van der Waals surface area contributed by atoms with Crippen LogP contribution in [-0.4, -0.2) is 27.3 Å². The van der Waals surface area contributed by atoms with Crippen LogP contribution in [0.5, 0.6) is 0 Å². The van der Waals surface area contributed by atoms with Crippen molar-refractivity contribution in [1.82, 2.24) is 14.9 Å². The van der Waals surface area contributed by atoms with Crippen molar-refractivity contribution in [3.05, 3.63) is 82.6 Å². The van der Waals surface area contributed by atoms with E-state index in [2.05, 4.69) is 9.97 Å². The molecule has 3 heterocycles. The van der Waals surface area contributed by atoms with E-state index in [1.807, 2.05) is 29.3 Å². The van der Waals surface area contributed by atoms with Crippen molar-refractivity contribution in [2.45, 2.75) is 39.2 Å². The Morgan fingerprint density at radius 2 is 2.11 bits per heavy atom. The highest BCUT2D eigenvalue weighted by molar-refractivity contribution is 5.93. The lowest BCUT2D eigenvalue weighted by atomic mass is 10.0. The molecule has 1 atom stereocenters. The molecule has 1 unspecified atom stereocenters. The Balaban J connectivity index is 1.51. The van der Waals surface area contributed by atoms with Gasteiger partial charge in [-0.25, -0.2) is 9.37 Å². The fourth-order valence-electron chi connectivity index (χ4n) is 3.80. The van der Waals surface area contributed by atoms with Gasteiger partial charge in [-0.3, -0.25) is 9.78 Å². The van der Waals surface area contributed by atoms with E-state index in [4.69, 9.17) is 4.42 Å². The molecule has 3 aromatic rings. The van der Waals surface area contributed by atoms with Gasteiger partial charge in [0.2, 0.25) is 5.76 Å². The molecule has 1 aromatic carbocycles. The molecule has 0 bridgehead atoms. The van der Waals surface area contributed by atoms with Gasteiger partial charge in [-0.05, 0) is 55.5 Å². The predicted molar refractivity (Wildman–Crippen MR) is 102 cm³/mol. The summed E-state index contributed by atoms with van der Waals surface area (Å²) in [5, 5.41) is 0. The highest BCUT2D eigenvalue weighted by Gasteiger charge is 2.34. The molecule has 5 nitrogen and oxygen atoms in total. The van der Waals surface area contributed by atoms with Crippen LogP contribution in [0, 0.1) is 19.7 Å². The SMILES string of the molecule is Cc1nc(C)c(C(=O)N2CCCC2c2ccc(Cc3cccc(F)c3)cn2)o1. The maximum atomic E-state index is 13.4. The number of rotatable bonds is 4. The third-order valence-electron chi connectivity index (χ3n) is 5.10. The van der Waals surface area contributed by atoms with E-state index in [1.54, 1.807) is 19.9 Å². The van der Waals surface area contributed by atoms with Gasteiger partial charge in [0.15, 0.2) is 5.89 Å². The molecule has 0 saturated carbocycles. The number of aromatic nitrogens is 2. The van der Waals surface area contributed by atoms with E-state index < -0.39 is 0 Å². The van der Waals surface area contributed by atoms with Gasteiger partial charge in [0.05, 0.1) is 17.4 Å². The molecule has 0 aliphatic carbocycles. The first-order valence-electron chi connectivity index (χ1n) is 9.45. The van der Waals surface area contributed by atoms with Crippen LogP contribution in [0.25, 0.3) is 0 Å². The zero-order valence-corrected chi connectivity index (χ0v) is 16.0. The van der Waals surface area contributed by atoms with Crippen LogP contribution < -0.4 is 0 Å². The van der Waals surface area contributed by atoms with Gasteiger partial charge < -0.3 is 9.32 Å². The van der Waals surface area contributed by atoms with Crippen molar-refractivity contribution in [2.24, 2.45) is 0 Å². The predicted octanol–water partition coefficient (Wildman–Crippen LogP) is 4.39. The number of hydrogen-bond acceptors (Lipinski definition) is 4. The van der Waals surface area contributed by atoms with Crippen LogP contribution in [0.4, 0.5) is 4.39 Å². The molecule has 0 spiro atoms. The first-order chi connectivity index (χ1) is 13.5. The number of hydrogen-bond donors (Lipinski definition) is 0. The van der Waals surface area contributed by atoms with Gasteiger partial charge in [-0.2, -0.15) is 0 Å². The molecule has 4 rings (SSSR count). The van der Waals surface area contributed by atoms with Crippen LogP contribution in [-0.2, 0) is 6.42 Å². The summed E-state index contributed by atoms with van der Waals surface area (Å²) >= 11 is 0. The number of likely N-dealkylation sites (tertiary alicyclic amines) is 1. The van der Waals surface area contributed by atoms with Crippen molar-refractivity contribution in [3.8, 4) is 0 Å². The molecule has 0 radical (unpaired) electrons. The van der Waals surface area contributed by atoms with E-state index >= 15 is 0 Å². The van der Waals surface area contributed by atoms with Crippen LogP contribution in [0.1, 0.15) is 57.8 Å². The van der Waals surface area contributed by atoms with Gasteiger partial charge in [-0.1, -0.05) is 18.2 Å². The van der Waals surface area contributed by atoms with E-state index in [1.165, 1.54) is 12.1 Å². The second-order valence-corrected chi connectivity index (χ2v) is 7.20. The van der Waals surface area contributed by atoms with Crippen molar-refractivity contribution in [1.29, 1.82) is 0 Å². The Morgan fingerprint density at radius 1 is 1.25 bits per heavy atom. The summed E-state index contributed by atoms with van der Waals surface area (Å²) in [6.07, 6.45) is 4.23. The molecule has 1 saturated heterocycles. The molecular formula is C22H22FN3O2. The van der Waals surface area contributed by atoms with E-state index in [9.17, 15) is 9.18 Å². The standard InChI is InChI=1S/C22H22FN3O2/c1-14-21(28-15(2)25-14)22(27)26-10-4-7-20(26)19-9-8-17(13-24-19)11-16-5-3-6-18(23)12-16/h3,5-6,8-9,12-13,20H,4,7,10-11H2,1-2H3. The van der Waals surface area contributed by atoms with E-state index in [-0.39, 0.29) is 17.8 Å². The normalized spacial score (nSPS) is 16.5. The number of nitrogens with zero attached hydrogens (tertiary/aromatic N) is 3. The zero-order valence-electron chi connectivity index (χ0n) is 16.0. The molecule has 1 aliphatic heterocycles. The second kappa shape index (κ2) is 7.54. The number of amides is 1. The summed E-state index contributed by atoms with van der Waals surface area (Å²) in [6.45, 7) is 4.20. The quantitative estimate of drug-likeness (QED) is 0.674. The Labute approximate surface area is 163 Å². The van der Waals surface area contributed by atoms with E-state index in [0.29, 0.717) is 30.3 Å². The minimum absolute atomic E-state index is 0.0690. The third-order valence-corrected chi connectivity index (χ3v) is 5.10. The monoisotopic (exact) mass is 379 g/mol. The van der Waals surface area contributed by atoms with Crippen molar-refractivity contribution in [3.63, 3.8) is 0 Å². The van der Waals surface area contributed by atoms with Crippen LogP contribution >= 0.6 is 0 Å². The topological polar surface area (TPSA) is 59.2 Å². The Kier molecular flexibility index (Phi) is 4.94. The Hall–Kier alpha value is -3.02. The lowest BCUT2D eigenvalue weighted by molar-refractivity contribution is 0.0698. The molecular weight excluding hydrogens is 357 g/mol. The smallest absolute Gasteiger partial charge is 0.292 e. The second-order valence-electron chi connectivity index (χ2n) is 7.20. The minimum Gasteiger partial charge on any atom is -0.436 e. The number of aryl methyl sites for hydroxylation is 2. The average molecular weight is 379 g/mol. The first-order valence-corrected chi connectivity index (χ1v) is 9.45. The van der Waals surface area contributed by atoms with Crippen LogP contribution in [0.3, 0.4) is 0 Å².